The molecule has 0 unspecified atom stereocenters. The number of pyridine rings is 1. The van der Waals surface area contributed by atoms with Crippen LogP contribution in [-0.2, 0) is 4.79 Å². The van der Waals surface area contributed by atoms with Gasteiger partial charge in [-0.3, -0.25) is 9.78 Å². The summed E-state index contributed by atoms with van der Waals surface area (Å²) in [6, 6.07) is 8.51. The molecule has 2 N–H and O–H groups in total. The Hall–Kier alpha value is -2.07. The SMILES string of the molecule is C[C@H](Nc1cnccc1-c1cccc(Cl)c1)C(=O)O. The predicted molar refractivity (Wildman–Crippen MR) is 75.4 cm³/mol. The Morgan fingerprint density at radius 3 is 2.89 bits per heavy atom. The van der Waals surface area contributed by atoms with E-state index in [1.165, 1.54) is 0 Å². The van der Waals surface area contributed by atoms with Crippen LogP contribution in [0.4, 0.5) is 5.69 Å². The van der Waals surface area contributed by atoms with Crippen molar-refractivity contribution in [3.63, 3.8) is 0 Å². The van der Waals surface area contributed by atoms with Crippen LogP contribution in [0.3, 0.4) is 0 Å². The lowest BCUT2D eigenvalue weighted by atomic mass is 10.1. The van der Waals surface area contributed by atoms with Crippen molar-refractivity contribution in [3.8, 4) is 11.1 Å². The van der Waals surface area contributed by atoms with Crippen LogP contribution in [0.5, 0.6) is 0 Å². The van der Waals surface area contributed by atoms with E-state index in [0.717, 1.165) is 11.1 Å². The maximum absolute atomic E-state index is 10.9. The Labute approximate surface area is 116 Å². The van der Waals surface area contributed by atoms with E-state index in [-0.39, 0.29) is 0 Å². The summed E-state index contributed by atoms with van der Waals surface area (Å²) in [6.45, 7) is 1.58. The predicted octanol–water partition coefficient (Wildman–Crippen LogP) is 3.29. The molecule has 1 heterocycles. The molecular formula is C14H13ClN2O2. The van der Waals surface area contributed by atoms with E-state index in [4.69, 9.17) is 16.7 Å². The molecule has 19 heavy (non-hydrogen) atoms. The first-order valence-electron chi connectivity index (χ1n) is 5.77. The van der Waals surface area contributed by atoms with Crippen LogP contribution >= 0.6 is 11.6 Å². The molecule has 1 atom stereocenters. The third kappa shape index (κ3) is 3.23. The molecule has 1 aromatic carbocycles. The number of hydrogen-bond donors (Lipinski definition) is 2. The lowest BCUT2D eigenvalue weighted by molar-refractivity contribution is -0.137. The van der Waals surface area contributed by atoms with Gasteiger partial charge in [-0.15, -0.1) is 0 Å². The second-order valence-electron chi connectivity index (χ2n) is 4.14. The van der Waals surface area contributed by atoms with E-state index in [1.54, 1.807) is 25.4 Å². The largest absolute Gasteiger partial charge is 0.480 e. The molecule has 0 saturated carbocycles. The molecule has 0 bridgehead atoms. The number of carboxylic acid groups (broad SMARTS) is 1. The van der Waals surface area contributed by atoms with Crippen LogP contribution in [0.1, 0.15) is 6.92 Å². The molecule has 1 aromatic heterocycles. The Bertz CT molecular complexity index is 602. The van der Waals surface area contributed by atoms with Gasteiger partial charge < -0.3 is 10.4 Å². The zero-order chi connectivity index (χ0) is 13.8. The Morgan fingerprint density at radius 1 is 1.42 bits per heavy atom. The monoisotopic (exact) mass is 276 g/mol. The minimum atomic E-state index is -0.916. The molecular weight excluding hydrogens is 264 g/mol. The van der Waals surface area contributed by atoms with E-state index in [9.17, 15) is 4.79 Å². The van der Waals surface area contributed by atoms with Crippen LogP contribution in [0, 0.1) is 0 Å². The summed E-state index contributed by atoms with van der Waals surface area (Å²) in [5, 5.41) is 12.5. The highest BCUT2D eigenvalue weighted by Crippen LogP contribution is 2.29. The number of rotatable bonds is 4. The maximum Gasteiger partial charge on any atom is 0.325 e. The first kappa shape index (κ1) is 13.4. The highest BCUT2D eigenvalue weighted by molar-refractivity contribution is 6.30. The van der Waals surface area contributed by atoms with Crippen molar-refractivity contribution < 1.29 is 9.90 Å². The number of anilines is 1. The topological polar surface area (TPSA) is 62.2 Å². The number of benzene rings is 1. The second kappa shape index (κ2) is 5.71. The fraction of sp³-hybridized carbons (Fsp3) is 0.143. The van der Waals surface area contributed by atoms with Gasteiger partial charge in [0.25, 0.3) is 0 Å². The van der Waals surface area contributed by atoms with E-state index in [2.05, 4.69) is 10.3 Å². The van der Waals surface area contributed by atoms with Gasteiger partial charge in [-0.05, 0) is 30.7 Å². The van der Waals surface area contributed by atoms with Crippen molar-refractivity contribution in [1.82, 2.24) is 4.98 Å². The minimum absolute atomic E-state index is 0.631. The molecule has 0 spiro atoms. The molecule has 2 aromatic rings. The normalized spacial score (nSPS) is 11.9. The van der Waals surface area contributed by atoms with Gasteiger partial charge in [-0.2, -0.15) is 0 Å². The fourth-order valence-electron chi connectivity index (χ4n) is 1.71. The molecule has 98 valence electrons. The lowest BCUT2D eigenvalue weighted by Crippen LogP contribution is -2.25. The van der Waals surface area contributed by atoms with Gasteiger partial charge in [0.15, 0.2) is 0 Å². The fourth-order valence-corrected chi connectivity index (χ4v) is 1.90. The molecule has 4 nitrogen and oxygen atoms in total. The van der Waals surface area contributed by atoms with E-state index >= 15 is 0 Å². The van der Waals surface area contributed by atoms with Gasteiger partial charge in [-0.1, -0.05) is 23.7 Å². The summed E-state index contributed by atoms with van der Waals surface area (Å²) >= 11 is 5.97. The molecule has 0 aliphatic heterocycles. The number of aliphatic carboxylic acids is 1. The number of halogens is 1. The zero-order valence-corrected chi connectivity index (χ0v) is 11.1. The summed E-state index contributed by atoms with van der Waals surface area (Å²) in [4.78, 5) is 14.9. The van der Waals surface area contributed by atoms with Crippen molar-refractivity contribution in [3.05, 3.63) is 47.7 Å². The molecule has 0 saturated heterocycles. The smallest absolute Gasteiger partial charge is 0.325 e. The van der Waals surface area contributed by atoms with Crippen molar-refractivity contribution >= 4 is 23.3 Å². The van der Waals surface area contributed by atoms with Crippen LogP contribution < -0.4 is 5.32 Å². The molecule has 0 aliphatic rings. The first-order valence-corrected chi connectivity index (χ1v) is 6.15. The number of carbonyl (C=O) groups is 1. The summed E-state index contributed by atoms with van der Waals surface area (Å²) in [7, 11) is 0. The van der Waals surface area contributed by atoms with Crippen LogP contribution in [-0.4, -0.2) is 22.1 Å². The quantitative estimate of drug-likeness (QED) is 0.899. The van der Waals surface area contributed by atoms with E-state index < -0.39 is 12.0 Å². The molecule has 0 fully saturated rings. The highest BCUT2D eigenvalue weighted by atomic mass is 35.5. The van der Waals surface area contributed by atoms with Crippen molar-refractivity contribution in [1.29, 1.82) is 0 Å². The number of nitrogens with zero attached hydrogens (tertiary/aromatic N) is 1. The van der Waals surface area contributed by atoms with E-state index in [0.29, 0.717) is 10.7 Å². The maximum atomic E-state index is 10.9. The molecule has 2 rings (SSSR count). The zero-order valence-electron chi connectivity index (χ0n) is 10.3. The lowest BCUT2D eigenvalue weighted by Gasteiger charge is -2.14. The Morgan fingerprint density at radius 2 is 2.21 bits per heavy atom. The summed E-state index contributed by atoms with van der Waals surface area (Å²) in [6.07, 6.45) is 3.27. The molecule has 0 amide bonds. The number of carboxylic acids is 1. The van der Waals surface area contributed by atoms with Gasteiger partial charge >= 0.3 is 5.97 Å². The molecule has 5 heteroatoms. The first-order chi connectivity index (χ1) is 9.08. The average Bonchev–Trinajstić information content (AvgIpc) is 2.39. The highest BCUT2D eigenvalue weighted by Gasteiger charge is 2.13. The second-order valence-corrected chi connectivity index (χ2v) is 4.57. The van der Waals surface area contributed by atoms with Gasteiger partial charge in [0, 0.05) is 16.8 Å². The van der Waals surface area contributed by atoms with Crippen molar-refractivity contribution in [2.45, 2.75) is 13.0 Å². The van der Waals surface area contributed by atoms with Gasteiger partial charge in [0.2, 0.25) is 0 Å². The summed E-state index contributed by atoms with van der Waals surface area (Å²) in [5.41, 5.74) is 2.44. The van der Waals surface area contributed by atoms with Gasteiger partial charge in [0.1, 0.15) is 6.04 Å². The Balaban J connectivity index is 2.39. The van der Waals surface area contributed by atoms with Crippen molar-refractivity contribution in [2.24, 2.45) is 0 Å². The van der Waals surface area contributed by atoms with Gasteiger partial charge in [-0.25, -0.2) is 0 Å². The number of hydrogen-bond acceptors (Lipinski definition) is 3. The van der Waals surface area contributed by atoms with Crippen molar-refractivity contribution in [2.75, 3.05) is 5.32 Å². The third-order valence-electron chi connectivity index (χ3n) is 2.70. The summed E-state index contributed by atoms with van der Waals surface area (Å²) in [5.74, 6) is -0.916. The molecule has 0 radical (unpaired) electrons. The molecule has 0 aliphatic carbocycles. The number of nitrogens with one attached hydrogen (secondary N) is 1. The van der Waals surface area contributed by atoms with Crippen LogP contribution in [0.25, 0.3) is 11.1 Å². The Kier molecular flexibility index (Phi) is 4.02. The standard InChI is InChI=1S/C14H13ClN2O2/c1-9(14(18)19)17-13-8-16-6-5-12(13)10-3-2-4-11(15)7-10/h2-9,17H,1H3,(H,18,19)/t9-/m0/s1. The average molecular weight is 277 g/mol. The minimum Gasteiger partial charge on any atom is -0.480 e. The van der Waals surface area contributed by atoms with E-state index in [1.807, 2.05) is 24.3 Å². The number of aromatic nitrogens is 1. The third-order valence-corrected chi connectivity index (χ3v) is 2.93. The van der Waals surface area contributed by atoms with Crippen LogP contribution in [0.15, 0.2) is 42.7 Å². The van der Waals surface area contributed by atoms with Gasteiger partial charge in [0.05, 0.1) is 11.9 Å². The summed E-state index contributed by atoms with van der Waals surface area (Å²) < 4.78 is 0. The van der Waals surface area contributed by atoms with Crippen LogP contribution in [0.2, 0.25) is 5.02 Å².